The van der Waals surface area contributed by atoms with E-state index in [9.17, 15) is 19.5 Å². The van der Waals surface area contributed by atoms with Crippen LogP contribution in [0.15, 0.2) is 108 Å². The summed E-state index contributed by atoms with van der Waals surface area (Å²) in [6, 6.07) is 31.6. The largest absolute Gasteiger partial charge is 0.392 e. The Balaban J connectivity index is 1.06. The van der Waals surface area contributed by atoms with Gasteiger partial charge in [-0.3, -0.25) is 9.36 Å². The second-order valence-electron chi connectivity index (χ2n) is 14.2. The summed E-state index contributed by atoms with van der Waals surface area (Å²) in [4.78, 5) is 43.8. The second-order valence-corrected chi connectivity index (χ2v) is 14.2. The number of hydrogen-bond acceptors (Lipinski definition) is 7. The number of aliphatic hydroxyl groups excluding tert-OH is 1. The number of urea groups is 1. The van der Waals surface area contributed by atoms with E-state index >= 15 is 0 Å². The van der Waals surface area contributed by atoms with Gasteiger partial charge in [0, 0.05) is 42.8 Å². The smallest absolute Gasteiger partial charge is 0.326 e. The molecule has 0 saturated carbocycles. The van der Waals surface area contributed by atoms with Gasteiger partial charge in [0.05, 0.1) is 35.9 Å². The van der Waals surface area contributed by atoms with Crippen molar-refractivity contribution in [3.8, 4) is 0 Å². The molecule has 3 heterocycles. The monoisotopic (exact) mass is 717 g/mol. The number of fused-ring (bicyclic) bond motifs is 1. The molecule has 53 heavy (non-hydrogen) atoms. The highest BCUT2D eigenvalue weighted by molar-refractivity contribution is 5.93. The molecule has 2 fully saturated rings. The predicted molar refractivity (Wildman–Crippen MR) is 203 cm³/mol. The van der Waals surface area contributed by atoms with Gasteiger partial charge in [0.15, 0.2) is 12.1 Å². The summed E-state index contributed by atoms with van der Waals surface area (Å²) in [6.07, 6.45) is 0.906. The van der Waals surface area contributed by atoms with Gasteiger partial charge in [-0.05, 0) is 67.1 Å². The number of aliphatic hydroxyl groups is 1. The highest BCUT2D eigenvalue weighted by Crippen LogP contribution is 2.42. The van der Waals surface area contributed by atoms with E-state index < -0.39 is 18.4 Å². The summed E-state index contributed by atoms with van der Waals surface area (Å²) < 4.78 is 15.3. The molecule has 5 unspecified atom stereocenters. The number of imidazole rings is 1. The molecule has 5 atom stereocenters. The van der Waals surface area contributed by atoms with Crippen LogP contribution in [0.3, 0.4) is 0 Å². The maximum atomic E-state index is 13.1. The Kier molecular flexibility index (Phi) is 11.2. The van der Waals surface area contributed by atoms with Crippen LogP contribution in [0.1, 0.15) is 67.4 Å². The lowest BCUT2D eigenvalue weighted by Gasteiger charge is -2.44. The van der Waals surface area contributed by atoms with E-state index in [1.54, 1.807) is 6.07 Å². The van der Waals surface area contributed by atoms with Crippen molar-refractivity contribution >= 4 is 28.5 Å². The number of benzene rings is 4. The van der Waals surface area contributed by atoms with Crippen molar-refractivity contribution in [2.45, 2.75) is 70.3 Å². The van der Waals surface area contributed by atoms with Gasteiger partial charge in [-0.1, -0.05) is 85.8 Å². The molecule has 0 radical (unpaired) electrons. The Morgan fingerprint density at radius 1 is 0.887 bits per heavy atom. The van der Waals surface area contributed by atoms with Crippen molar-refractivity contribution in [2.24, 2.45) is 5.92 Å². The van der Waals surface area contributed by atoms with Crippen molar-refractivity contribution in [3.05, 3.63) is 136 Å². The van der Waals surface area contributed by atoms with Gasteiger partial charge >= 0.3 is 11.7 Å². The van der Waals surface area contributed by atoms with Gasteiger partial charge in [0.1, 0.15) is 0 Å². The van der Waals surface area contributed by atoms with Crippen LogP contribution in [0, 0.1) is 5.92 Å². The number of hydrogen-bond donors (Lipinski definition) is 4. The third kappa shape index (κ3) is 8.44. The molecule has 0 aliphatic carbocycles. The van der Waals surface area contributed by atoms with Crippen molar-refractivity contribution < 1.29 is 24.2 Å². The van der Waals surface area contributed by atoms with E-state index in [0.717, 1.165) is 59.2 Å². The Labute approximate surface area is 308 Å². The lowest BCUT2D eigenvalue weighted by molar-refractivity contribution is -0.276. The van der Waals surface area contributed by atoms with Crippen LogP contribution in [0.4, 0.5) is 10.5 Å². The van der Waals surface area contributed by atoms with Crippen LogP contribution < -0.4 is 16.3 Å². The average molecular weight is 718 g/mol. The van der Waals surface area contributed by atoms with E-state index in [1.807, 2.05) is 102 Å². The first-order chi connectivity index (χ1) is 25.7. The fourth-order valence-corrected chi connectivity index (χ4v) is 7.61. The number of ketones is 1. The Hall–Kier alpha value is -5.07. The number of H-pyrrole nitrogens is 1. The third-order valence-corrected chi connectivity index (χ3v) is 10.6. The number of carbonyl (C=O) groups is 2. The Morgan fingerprint density at radius 3 is 2.36 bits per heavy atom. The Morgan fingerprint density at radius 2 is 1.62 bits per heavy atom. The average Bonchev–Trinajstić information content (AvgIpc) is 3.51. The molecule has 2 saturated heterocycles. The third-order valence-electron chi connectivity index (χ3n) is 10.6. The number of aromatic nitrogens is 2. The number of amides is 2. The van der Waals surface area contributed by atoms with Crippen molar-refractivity contribution in [2.75, 3.05) is 25.0 Å². The summed E-state index contributed by atoms with van der Waals surface area (Å²) in [6.45, 7) is 5.92. The molecule has 1 aromatic heterocycles. The molecule has 2 aliphatic rings. The summed E-state index contributed by atoms with van der Waals surface area (Å²) >= 11 is 0. The van der Waals surface area contributed by atoms with Gasteiger partial charge < -0.3 is 35.1 Å². The molecule has 2 amide bonds. The van der Waals surface area contributed by atoms with Crippen LogP contribution in [0.5, 0.6) is 0 Å². The first-order valence-corrected chi connectivity index (χ1v) is 18.4. The number of piperidine rings is 1. The first kappa shape index (κ1) is 36.3. The maximum Gasteiger partial charge on any atom is 0.326 e. The molecule has 7 rings (SSSR count). The summed E-state index contributed by atoms with van der Waals surface area (Å²) in [7, 11) is 0. The molecule has 4 aromatic carbocycles. The van der Waals surface area contributed by atoms with Crippen LogP contribution >= 0.6 is 0 Å². The quantitative estimate of drug-likeness (QED) is 0.126. The molecule has 0 bridgehead atoms. The lowest BCUT2D eigenvalue weighted by atomic mass is 9.89. The standard InChI is InChI=1S/C42H47N5O6/c1-27-38(25-46-21-19-34(20-22-46)47-37-14-7-6-13-35(37)45-42(47)51)52-40(53-39(27)31-17-15-30(26-48)16-18-31)32-11-8-12-33(24-32)43-41(50)44-36(28(2)49)23-29-9-4-3-5-10-29/h3-18,24,27,34,36,38-40,48H,19-23,25-26H2,1-2H3,(H,45,51)(H2,43,44,50). The van der Waals surface area contributed by atoms with Crippen molar-refractivity contribution in [3.63, 3.8) is 0 Å². The lowest BCUT2D eigenvalue weighted by Crippen LogP contribution is -2.47. The highest BCUT2D eigenvalue weighted by Gasteiger charge is 2.40. The number of rotatable bonds is 11. The molecule has 4 N–H and O–H groups in total. The minimum atomic E-state index is -0.714. The van der Waals surface area contributed by atoms with Crippen molar-refractivity contribution in [1.29, 1.82) is 0 Å². The summed E-state index contributed by atoms with van der Waals surface area (Å²) in [5, 5.41) is 15.4. The van der Waals surface area contributed by atoms with Gasteiger partial charge in [0.25, 0.3) is 0 Å². The number of ether oxygens (including phenoxy) is 2. The number of nitrogens with one attached hydrogen (secondary N) is 3. The SMILES string of the molecule is CC(=O)C(Cc1ccccc1)NC(=O)Nc1cccc(C2OC(CN3CCC(n4c(=O)[nH]c5ccccc54)CC3)C(C)C(c3ccc(CO)cc3)O2)c1. The fraction of sp³-hybridized carbons (Fsp3) is 0.357. The Bertz CT molecular complexity index is 2070. The number of Topliss-reactive ketones (excluding diaryl/α,β-unsaturated/α-hetero) is 1. The molecule has 276 valence electrons. The van der Waals surface area contributed by atoms with E-state index in [2.05, 4.69) is 27.4 Å². The van der Waals surface area contributed by atoms with Gasteiger partial charge in [-0.15, -0.1) is 0 Å². The number of nitrogens with zero attached hydrogens (tertiary/aromatic N) is 2. The van der Waals surface area contributed by atoms with Gasteiger partial charge in [-0.2, -0.15) is 0 Å². The van der Waals surface area contributed by atoms with Gasteiger partial charge in [-0.25, -0.2) is 9.59 Å². The molecule has 11 nitrogen and oxygen atoms in total. The summed E-state index contributed by atoms with van der Waals surface area (Å²) in [5.41, 5.74) is 5.81. The number of likely N-dealkylation sites (tertiary alicyclic amines) is 1. The molecule has 5 aromatic rings. The second kappa shape index (κ2) is 16.3. The number of carbonyl (C=O) groups excluding carboxylic acids is 2. The van der Waals surface area contributed by atoms with Crippen LogP contribution in [0.2, 0.25) is 0 Å². The minimum Gasteiger partial charge on any atom is -0.392 e. The van der Waals surface area contributed by atoms with Crippen LogP contribution in [0.25, 0.3) is 11.0 Å². The van der Waals surface area contributed by atoms with Crippen molar-refractivity contribution in [1.82, 2.24) is 19.8 Å². The van der Waals surface area contributed by atoms with E-state index in [-0.39, 0.29) is 42.2 Å². The van der Waals surface area contributed by atoms with Crippen LogP contribution in [-0.4, -0.2) is 63.2 Å². The summed E-state index contributed by atoms with van der Waals surface area (Å²) in [5.74, 6) is -0.128. The van der Waals surface area contributed by atoms with Crippen LogP contribution in [-0.2, 0) is 27.3 Å². The molecule has 2 aliphatic heterocycles. The maximum absolute atomic E-state index is 13.1. The zero-order valence-corrected chi connectivity index (χ0v) is 30.1. The highest BCUT2D eigenvalue weighted by atomic mass is 16.7. The fourth-order valence-electron chi connectivity index (χ4n) is 7.61. The first-order valence-electron chi connectivity index (χ1n) is 18.4. The van der Waals surface area contributed by atoms with Gasteiger partial charge in [0.2, 0.25) is 0 Å². The molecular weight excluding hydrogens is 670 g/mol. The molecular formula is C42H47N5O6. The zero-order chi connectivity index (χ0) is 36.9. The van der Waals surface area contributed by atoms with E-state index in [4.69, 9.17) is 9.47 Å². The van der Waals surface area contributed by atoms with E-state index in [1.165, 1.54) is 6.92 Å². The predicted octanol–water partition coefficient (Wildman–Crippen LogP) is 6.27. The molecule has 11 heteroatoms. The molecule has 0 spiro atoms. The number of para-hydroxylation sites is 2. The topological polar surface area (TPSA) is 138 Å². The van der Waals surface area contributed by atoms with E-state index in [0.29, 0.717) is 18.7 Å². The zero-order valence-electron chi connectivity index (χ0n) is 30.1. The number of aromatic amines is 1. The number of anilines is 1. The normalized spacial score (nSPS) is 21.6. The minimum absolute atomic E-state index is 0.000371.